The fraction of sp³-hybridized carbons (Fsp3) is 0.429. The number of carbonyl (C=O) groups is 2. The van der Waals surface area contributed by atoms with E-state index in [0.717, 1.165) is 37.9 Å². The normalized spacial score (nSPS) is 20.2. The number of nitrogens with zero attached hydrogens (tertiary/aromatic N) is 2. The van der Waals surface area contributed by atoms with E-state index in [2.05, 4.69) is 25.9 Å². The molecule has 1 saturated heterocycles. The van der Waals surface area contributed by atoms with E-state index in [0.29, 0.717) is 0 Å². The summed E-state index contributed by atoms with van der Waals surface area (Å²) in [5.74, 6) is -1.04. The number of carbonyl (C=O) groups excluding carboxylic acids is 2. The number of halogens is 4. The van der Waals surface area contributed by atoms with Crippen LogP contribution in [-0.4, -0.2) is 47.8 Å². The molecule has 1 aliphatic heterocycles. The molecule has 1 saturated carbocycles. The van der Waals surface area contributed by atoms with Crippen LogP contribution in [0.5, 0.6) is 0 Å². The number of benzene rings is 1. The number of alkyl halides is 3. The third kappa shape index (κ3) is 7.76. The molecule has 0 unspecified atom stereocenters. The number of amides is 2. The van der Waals surface area contributed by atoms with Crippen molar-refractivity contribution in [3.63, 3.8) is 0 Å². The predicted molar refractivity (Wildman–Crippen MR) is 150 cm³/mol. The number of pyridine rings is 1. The van der Waals surface area contributed by atoms with Crippen molar-refractivity contribution in [1.82, 2.24) is 15.6 Å². The SMILES string of the molecule is NC=C(C=NC1CCCCC1)C(=O)N[C@@]1(C(=O)NCc2ncc(Nc3ccccc3C(F)(F)F)cc2Cl)CCOC1. The van der Waals surface area contributed by atoms with Crippen LogP contribution in [-0.2, 0) is 27.0 Å². The quantitative estimate of drug-likeness (QED) is 0.248. The molecule has 0 radical (unpaired) electrons. The maximum absolute atomic E-state index is 13.3. The molecule has 1 atom stereocenters. The number of anilines is 2. The fourth-order valence-corrected chi connectivity index (χ4v) is 5.01. The van der Waals surface area contributed by atoms with Crippen molar-refractivity contribution in [2.75, 3.05) is 18.5 Å². The summed E-state index contributed by atoms with van der Waals surface area (Å²) < 4.78 is 45.4. The molecular weight excluding hydrogens is 561 g/mol. The van der Waals surface area contributed by atoms with Crippen LogP contribution in [0.25, 0.3) is 0 Å². The Labute approximate surface area is 240 Å². The van der Waals surface area contributed by atoms with Gasteiger partial charge >= 0.3 is 6.18 Å². The van der Waals surface area contributed by atoms with E-state index in [4.69, 9.17) is 22.1 Å². The van der Waals surface area contributed by atoms with Gasteiger partial charge in [0.05, 0.1) is 52.6 Å². The minimum atomic E-state index is -4.54. The molecule has 9 nitrogen and oxygen atoms in total. The highest BCUT2D eigenvalue weighted by Gasteiger charge is 2.44. The number of aromatic nitrogens is 1. The summed E-state index contributed by atoms with van der Waals surface area (Å²) in [7, 11) is 0. The van der Waals surface area contributed by atoms with E-state index in [9.17, 15) is 22.8 Å². The maximum atomic E-state index is 13.3. The smallest absolute Gasteiger partial charge is 0.404 e. The fourth-order valence-electron chi connectivity index (χ4n) is 4.77. The first-order valence-electron chi connectivity index (χ1n) is 13.3. The Kier molecular flexibility index (Phi) is 9.87. The van der Waals surface area contributed by atoms with Crippen molar-refractivity contribution in [1.29, 1.82) is 0 Å². The average Bonchev–Trinajstić information content (AvgIpc) is 3.43. The van der Waals surface area contributed by atoms with Crippen molar-refractivity contribution >= 4 is 41.0 Å². The molecule has 1 aromatic heterocycles. The van der Waals surface area contributed by atoms with Crippen LogP contribution in [0.15, 0.2) is 53.3 Å². The third-order valence-corrected chi connectivity index (χ3v) is 7.42. The molecule has 2 aromatic rings. The summed E-state index contributed by atoms with van der Waals surface area (Å²) in [4.78, 5) is 35.0. The Bertz CT molecular complexity index is 1310. The van der Waals surface area contributed by atoms with E-state index < -0.39 is 29.1 Å². The van der Waals surface area contributed by atoms with Crippen LogP contribution in [0, 0.1) is 0 Å². The van der Waals surface area contributed by atoms with Gasteiger partial charge in [-0.05, 0) is 31.0 Å². The van der Waals surface area contributed by atoms with Gasteiger partial charge in [0.15, 0.2) is 0 Å². The average molecular weight is 593 g/mol. The van der Waals surface area contributed by atoms with Crippen LogP contribution >= 0.6 is 11.6 Å². The Morgan fingerprint density at radius 1 is 1.22 bits per heavy atom. The first kappa shape index (κ1) is 30.3. The highest BCUT2D eigenvalue weighted by molar-refractivity contribution is 6.31. The molecule has 0 spiro atoms. The van der Waals surface area contributed by atoms with Gasteiger partial charge < -0.3 is 26.4 Å². The molecule has 1 aliphatic carbocycles. The zero-order valence-electron chi connectivity index (χ0n) is 22.3. The number of hydrogen-bond donors (Lipinski definition) is 4. The highest BCUT2D eigenvalue weighted by atomic mass is 35.5. The van der Waals surface area contributed by atoms with Gasteiger partial charge in [-0.25, -0.2) is 0 Å². The Morgan fingerprint density at radius 3 is 2.63 bits per heavy atom. The second-order valence-electron chi connectivity index (χ2n) is 10.0. The predicted octanol–water partition coefficient (Wildman–Crippen LogP) is 4.64. The molecule has 4 rings (SSSR count). The van der Waals surface area contributed by atoms with Crippen LogP contribution in [0.2, 0.25) is 5.02 Å². The summed E-state index contributed by atoms with van der Waals surface area (Å²) in [6.07, 6.45) is 4.95. The second-order valence-corrected chi connectivity index (χ2v) is 10.4. The van der Waals surface area contributed by atoms with Crippen LogP contribution < -0.4 is 21.7 Å². The number of ether oxygens (including phenoxy) is 1. The van der Waals surface area contributed by atoms with Crippen molar-refractivity contribution < 1.29 is 27.5 Å². The van der Waals surface area contributed by atoms with E-state index in [-0.39, 0.29) is 59.9 Å². The van der Waals surface area contributed by atoms with Gasteiger partial charge in [-0.1, -0.05) is 43.0 Å². The first-order chi connectivity index (χ1) is 19.6. The monoisotopic (exact) mass is 592 g/mol. The number of nitrogens with two attached hydrogens (primary N) is 1. The zero-order valence-corrected chi connectivity index (χ0v) is 23.0. The topological polar surface area (TPSA) is 131 Å². The number of aliphatic imine (C=N–C) groups is 1. The van der Waals surface area contributed by atoms with Gasteiger partial charge in [-0.3, -0.25) is 19.6 Å². The minimum absolute atomic E-state index is 0.0369. The molecule has 13 heteroatoms. The second kappa shape index (κ2) is 13.3. The lowest BCUT2D eigenvalue weighted by Crippen LogP contribution is -2.59. The van der Waals surface area contributed by atoms with E-state index in [1.807, 2.05) is 0 Å². The van der Waals surface area contributed by atoms with E-state index >= 15 is 0 Å². The summed E-state index contributed by atoms with van der Waals surface area (Å²) in [5.41, 5.74) is 4.07. The van der Waals surface area contributed by atoms with Gasteiger partial charge in [-0.15, -0.1) is 0 Å². The Hall–Kier alpha value is -3.64. The van der Waals surface area contributed by atoms with E-state index in [1.165, 1.54) is 43.1 Å². The molecule has 2 heterocycles. The lowest BCUT2D eigenvalue weighted by atomic mass is 9.96. The molecule has 2 fully saturated rings. The van der Waals surface area contributed by atoms with Crippen molar-refractivity contribution in [3.8, 4) is 0 Å². The van der Waals surface area contributed by atoms with Crippen molar-refractivity contribution in [2.45, 2.75) is 62.8 Å². The largest absolute Gasteiger partial charge is 0.418 e. The number of nitrogens with one attached hydrogen (secondary N) is 3. The van der Waals surface area contributed by atoms with Crippen molar-refractivity contribution in [3.05, 3.63) is 64.6 Å². The van der Waals surface area contributed by atoms with Gasteiger partial charge in [-0.2, -0.15) is 13.2 Å². The van der Waals surface area contributed by atoms with Gasteiger partial charge in [0.1, 0.15) is 5.54 Å². The van der Waals surface area contributed by atoms with Crippen LogP contribution in [0.3, 0.4) is 0 Å². The highest BCUT2D eigenvalue weighted by Crippen LogP contribution is 2.36. The Morgan fingerprint density at radius 2 is 1.98 bits per heavy atom. The number of para-hydroxylation sites is 1. The Balaban J connectivity index is 1.39. The molecule has 0 bridgehead atoms. The third-order valence-electron chi connectivity index (χ3n) is 7.10. The van der Waals surface area contributed by atoms with Crippen LogP contribution in [0.4, 0.5) is 24.5 Å². The van der Waals surface area contributed by atoms with Crippen molar-refractivity contribution in [2.24, 2.45) is 10.7 Å². The molecule has 1 aromatic carbocycles. The lowest BCUT2D eigenvalue weighted by molar-refractivity contribution is -0.137. The molecule has 5 N–H and O–H groups in total. The van der Waals surface area contributed by atoms with Gasteiger partial charge in [0, 0.05) is 31.5 Å². The molecule has 2 aliphatic rings. The lowest BCUT2D eigenvalue weighted by Gasteiger charge is -2.27. The van der Waals surface area contributed by atoms with E-state index in [1.54, 1.807) is 0 Å². The summed E-state index contributed by atoms with van der Waals surface area (Å²) >= 11 is 6.34. The van der Waals surface area contributed by atoms with Crippen LogP contribution in [0.1, 0.15) is 49.8 Å². The minimum Gasteiger partial charge on any atom is -0.404 e. The summed E-state index contributed by atoms with van der Waals surface area (Å²) in [5, 5.41) is 8.32. The maximum Gasteiger partial charge on any atom is 0.418 e. The summed E-state index contributed by atoms with van der Waals surface area (Å²) in [6.45, 7) is 0.145. The molecule has 2 amide bonds. The standard InChI is InChI=1S/C28H32ClF3N6O3/c29-22-12-20(37-23-9-5-4-8-21(23)28(30,31)32)15-35-24(22)16-36-26(40)27(10-11-41-17-27)38-25(39)18(13-33)14-34-19-6-2-1-3-7-19/h4-5,8-9,12-15,19,37H,1-3,6-7,10-11,16-17,33H2,(H,36,40)(H,38,39)/t27-/m0/s1. The number of hydrogen-bond acceptors (Lipinski definition) is 7. The number of rotatable bonds is 9. The van der Waals surface area contributed by atoms with Gasteiger partial charge in [0.25, 0.3) is 5.91 Å². The zero-order chi connectivity index (χ0) is 29.5. The summed E-state index contributed by atoms with van der Waals surface area (Å²) in [6, 6.07) is 6.62. The van der Waals surface area contributed by atoms with Gasteiger partial charge in [0.2, 0.25) is 5.91 Å². The molecule has 220 valence electrons. The molecule has 41 heavy (non-hydrogen) atoms. The first-order valence-corrected chi connectivity index (χ1v) is 13.7. The molecular formula is C28H32ClF3N6O3.